The number of halogens is 1. The third-order valence-electron chi connectivity index (χ3n) is 2.32. The second-order valence-electron chi connectivity index (χ2n) is 5.57. The number of hydrogen-bond acceptors (Lipinski definition) is 3. The van der Waals surface area contributed by atoms with Crippen molar-refractivity contribution >= 4 is 45.1 Å². The minimum atomic E-state index is -0.400. The molecule has 0 aliphatic carbocycles. The van der Waals surface area contributed by atoms with Gasteiger partial charge in [0.15, 0.2) is 5.11 Å². The summed E-state index contributed by atoms with van der Waals surface area (Å²) in [5.41, 5.74) is 5.26. The molecule has 0 heterocycles. The second kappa shape index (κ2) is 8.09. The van der Waals surface area contributed by atoms with Crippen molar-refractivity contribution in [2.75, 3.05) is 6.54 Å². The lowest BCUT2D eigenvalue weighted by Gasteiger charge is -2.23. The quantitative estimate of drug-likeness (QED) is 0.467. The molecule has 1 aromatic carbocycles. The van der Waals surface area contributed by atoms with Crippen molar-refractivity contribution in [1.82, 2.24) is 21.5 Å². The summed E-state index contributed by atoms with van der Waals surface area (Å²) in [5, 5.41) is 5.81. The smallest absolute Gasteiger partial charge is 0.257 e. The van der Waals surface area contributed by atoms with Gasteiger partial charge in [-0.25, -0.2) is 0 Å². The minimum absolute atomic E-state index is 0.153. The van der Waals surface area contributed by atoms with Crippen LogP contribution in [0.25, 0.3) is 0 Å². The molecule has 6 nitrogen and oxygen atoms in total. The van der Waals surface area contributed by atoms with Gasteiger partial charge in [0.1, 0.15) is 0 Å². The van der Waals surface area contributed by atoms with Gasteiger partial charge >= 0.3 is 0 Å². The Morgan fingerprint density at radius 1 is 1.14 bits per heavy atom. The highest BCUT2D eigenvalue weighted by molar-refractivity contribution is 9.10. The summed E-state index contributed by atoms with van der Waals surface area (Å²) < 4.78 is 0.880. The number of carbonyl (C=O) groups excluding carboxylic acids is 2. The Balaban J connectivity index is 2.32. The Bertz CT molecular complexity index is 555. The van der Waals surface area contributed by atoms with Gasteiger partial charge in [-0.3, -0.25) is 20.4 Å². The average Bonchev–Trinajstić information content (AvgIpc) is 2.41. The summed E-state index contributed by atoms with van der Waals surface area (Å²) in [6, 6.07) is 6.84. The third-order valence-corrected chi connectivity index (χ3v) is 3.05. The van der Waals surface area contributed by atoms with Crippen LogP contribution in [0.1, 0.15) is 31.1 Å². The summed E-state index contributed by atoms with van der Waals surface area (Å²) in [7, 11) is 0. The van der Waals surface area contributed by atoms with Crippen LogP contribution >= 0.6 is 28.1 Å². The van der Waals surface area contributed by atoms with Crippen molar-refractivity contribution in [3.8, 4) is 0 Å². The monoisotopic (exact) mass is 386 g/mol. The normalized spacial score (nSPS) is 10.5. The van der Waals surface area contributed by atoms with E-state index in [1.807, 2.05) is 20.8 Å². The first kappa shape index (κ1) is 18.4. The number of hydrazine groups is 1. The van der Waals surface area contributed by atoms with Gasteiger partial charge < -0.3 is 10.6 Å². The Morgan fingerprint density at radius 3 is 2.27 bits per heavy atom. The molecule has 0 saturated carbocycles. The molecular weight excluding hydrogens is 368 g/mol. The summed E-state index contributed by atoms with van der Waals surface area (Å²) in [4.78, 5) is 23.4. The molecule has 1 aromatic rings. The molecule has 0 aromatic heterocycles. The van der Waals surface area contributed by atoms with Crippen molar-refractivity contribution in [2.24, 2.45) is 0 Å². The Kier molecular flexibility index (Phi) is 6.76. The van der Waals surface area contributed by atoms with Gasteiger partial charge in [-0.1, -0.05) is 15.9 Å². The van der Waals surface area contributed by atoms with E-state index < -0.39 is 5.91 Å². The van der Waals surface area contributed by atoms with Crippen molar-refractivity contribution in [1.29, 1.82) is 0 Å². The summed E-state index contributed by atoms with van der Waals surface area (Å²) in [5.74, 6) is -0.721. The molecule has 0 unspecified atom stereocenters. The fraction of sp³-hybridized carbons (Fsp3) is 0.357. The molecule has 0 radical (unpaired) electrons. The molecule has 1 rings (SSSR count). The number of carbonyl (C=O) groups is 2. The number of benzene rings is 1. The van der Waals surface area contributed by atoms with E-state index in [0.29, 0.717) is 10.7 Å². The molecule has 4 N–H and O–H groups in total. The molecule has 22 heavy (non-hydrogen) atoms. The van der Waals surface area contributed by atoms with Gasteiger partial charge in [-0.2, -0.15) is 0 Å². The van der Waals surface area contributed by atoms with Gasteiger partial charge in [-0.05, 0) is 57.3 Å². The van der Waals surface area contributed by atoms with Crippen LogP contribution in [-0.4, -0.2) is 29.0 Å². The van der Waals surface area contributed by atoms with Gasteiger partial charge in [0.05, 0.1) is 6.54 Å². The lowest BCUT2D eigenvalue weighted by Crippen LogP contribution is -2.53. The summed E-state index contributed by atoms with van der Waals surface area (Å²) >= 11 is 8.31. The van der Waals surface area contributed by atoms with Crippen molar-refractivity contribution < 1.29 is 9.59 Å². The predicted octanol–water partition coefficient (Wildman–Crippen LogP) is 1.47. The summed E-state index contributed by atoms with van der Waals surface area (Å²) in [6.45, 7) is 5.68. The zero-order valence-corrected chi connectivity index (χ0v) is 15.0. The Labute approximate surface area is 143 Å². The highest BCUT2D eigenvalue weighted by Crippen LogP contribution is 2.10. The molecule has 0 atom stereocenters. The lowest BCUT2D eigenvalue weighted by atomic mass is 10.1. The van der Waals surface area contributed by atoms with Crippen LogP contribution in [0.3, 0.4) is 0 Å². The molecule has 0 bridgehead atoms. The number of rotatable bonds is 3. The van der Waals surface area contributed by atoms with Crippen LogP contribution < -0.4 is 21.5 Å². The molecule has 2 amide bonds. The highest BCUT2D eigenvalue weighted by atomic mass is 79.9. The van der Waals surface area contributed by atoms with Crippen LogP contribution in [0, 0.1) is 0 Å². The lowest BCUT2D eigenvalue weighted by molar-refractivity contribution is -0.120. The zero-order valence-electron chi connectivity index (χ0n) is 12.6. The molecule has 120 valence electrons. The fourth-order valence-corrected chi connectivity index (χ4v) is 2.03. The topological polar surface area (TPSA) is 82.3 Å². The maximum atomic E-state index is 11.8. The van der Waals surface area contributed by atoms with Gasteiger partial charge in [0.25, 0.3) is 11.8 Å². The zero-order chi connectivity index (χ0) is 16.8. The number of nitrogens with one attached hydrogen (secondary N) is 4. The van der Waals surface area contributed by atoms with Crippen LogP contribution in [0.2, 0.25) is 0 Å². The van der Waals surface area contributed by atoms with Crippen molar-refractivity contribution in [2.45, 2.75) is 26.3 Å². The first-order chi connectivity index (χ1) is 10.2. The van der Waals surface area contributed by atoms with E-state index in [1.54, 1.807) is 24.3 Å². The van der Waals surface area contributed by atoms with Gasteiger partial charge in [0, 0.05) is 15.6 Å². The predicted molar refractivity (Wildman–Crippen MR) is 93.2 cm³/mol. The van der Waals surface area contributed by atoms with Crippen LogP contribution in [0.4, 0.5) is 0 Å². The van der Waals surface area contributed by atoms with Crippen molar-refractivity contribution in [3.63, 3.8) is 0 Å². The van der Waals surface area contributed by atoms with Gasteiger partial charge in [0.2, 0.25) is 0 Å². The Morgan fingerprint density at radius 2 is 1.73 bits per heavy atom. The molecule has 0 fully saturated rings. The van der Waals surface area contributed by atoms with E-state index in [4.69, 9.17) is 12.2 Å². The number of hydrogen-bond donors (Lipinski definition) is 4. The third kappa shape index (κ3) is 7.37. The molecule has 0 saturated heterocycles. The van der Waals surface area contributed by atoms with E-state index in [1.165, 1.54) is 0 Å². The number of thiocarbonyl (C=S) groups is 1. The van der Waals surface area contributed by atoms with E-state index in [2.05, 4.69) is 37.4 Å². The first-order valence-electron chi connectivity index (χ1n) is 6.58. The summed E-state index contributed by atoms with van der Waals surface area (Å²) in [6.07, 6.45) is 0. The second-order valence-corrected chi connectivity index (χ2v) is 6.89. The van der Waals surface area contributed by atoms with Crippen LogP contribution in [0.5, 0.6) is 0 Å². The SMILES string of the molecule is CC(C)(C)NC(=S)NNC(=O)CNC(=O)c1ccc(Br)cc1. The average molecular weight is 387 g/mol. The van der Waals surface area contributed by atoms with E-state index in [9.17, 15) is 9.59 Å². The molecule has 0 aliphatic rings. The first-order valence-corrected chi connectivity index (χ1v) is 7.78. The molecule has 0 aliphatic heterocycles. The fourth-order valence-electron chi connectivity index (χ4n) is 1.41. The Hall–Kier alpha value is -1.67. The maximum Gasteiger partial charge on any atom is 0.257 e. The molecular formula is C14H19BrN4O2S. The highest BCUT2D eigenvalue weighted by Gasteiger charge is 2.12. The molecule has 8 heteroatoms. The van der Waals surface area contributed by atoms with E-state index in [0.717, 1.165) is 4.47 Å². The minimum Gasteiger partial charge on any atom is -0.357 e. The van der Waals surface area contributed by atoms with Crippen LogP contribution in [-0.2, 0) is 4.79 Å². The van der Waals surface area contributed by atoms with Crippen molar-refractivity contribution in [3.05, 3.63) is 34.3 Å². The molecule has 0 spiro atoms. The maximum absolute atomic E-state index is 11.8. The van der Waals surface area contributed by atoms with Gasteiger partial charge in [-0.15, -0.1) is 0 Å². The van der Waals surface area contributed by atoms with E-state index >= 15 is 0 Å². The standard InChI is InChI=1S/C14H19BrN4O2S/c1-14(2,3)17-13(22)19-18-11(20)8-16-12(21)9-4-6-10(15)7-5-9/h4-7H,8H2,1-3H3,(H,16,21)(H,18,20)(H2,17,19,22). The van der Waals surface area contributed by atoms with E-state index in [-0.39, 0.29) is 18.0 Å². The number of amides is 2. The largest absolute Gasteiger partial charge is 0.357 e. The van der Waals surface area contributed by atoms with Crippen LogP contribution in [0.15, 0.2) is 28.7 Å².